The third-order valence-electron chi connectivity index (χ3n) is 3.54. The molecule has 0 bridgehead atoms. The van der Waals surface area contributed by atoms with Gasteiger partial charge in [0.15, 0.2) is 6.61 Å². The highest BCUT2D eigenvalue weighted by Crippen LogP contribution is 2.13. The SMILES string of the molecule is Cc1cccc(NC(=O)CSCC(=O)OCC(=O)Nc2ccccc2C)c1. The first kappa shape index (κ1) is 20.5. The van der Waals surface area contributed by atoms with Crippen LogP contribution in [-0.2, 0) is 19.1 Å². The minimum atomic E-state index is -0.539. The monoisotopic (exact) mass is 386 g/mol. The number of aryl methyl sites for hydroxylation is 2. The number of hydrogen-bond acceptors (Lipinski definition) is 5. The molecular formula is C20H22N2O4S. The highest BCUT2D eigenvalue weighted by atomic mass is 32.2. The van der Waals surface area contributed by atoms with Crippen molar-refractivity contribution in [3.8, 4) is 0 Å². The molecular weight excluding hydrogens is 364 g/mol. The third-order valence-corrected chi connectivity index (χ3v) is 4.44. The van der Waals surface area contributed by atoms with E-state index in [2.05, 4.69) is 10.6 Å². The fraction of sp³-hybridized carbons (Fsp3) is 0.250. The molecule has 27 heavy (non-hydrogen) atoms. The van der Waals surface area contributed by atoms with Crippen molar-refractivity contribution in [3.63, 3.8) is 0 Å². The van der Waals surface area contributed by atoms with Gasteiger partial charge in [-0.05, 0) is 43.2 Å². The molecule has 6 nitrogen and oxygen atoms in total. The Balaban J connectivity index is 1.63. The second-order valence-corrected chi connectivity index (χ2v) is 6.92. The average Bonchev–Trinajstić information content (AvgIpc) is 2.62. The van der Waals surface area contributed by atoms with Crippen molar-refractivity contribution in [2.75, 3.05) is 28.7 Å². The zero-order chi connectivity index (χ0) is 19.6. The van der Waals surface area contributed by atoms with Gasteiger partial charge in [0.05, 0.1) is 11.5 Å². The number of amides is 2. The van der Waals surface area contributed by atoms with Crippen LogP contribution in [0.4, 0.5) is 11.4 Å². The number of carbonyl (C=O) groups excluding carboxylic acids is 3. The largest absolute Gasteiger partial charge is 0.455 e. The fourth-order valence-corrected chi connectivity index (χ4v) is 2.84. The van der Waals surface area contributed by atoms with E-state index in [0.29, 0.717) is 5.69 Å². The zero-order valence-corrected chi connectivity index (χ0v) is 16.1. The molecule has 0 saturated carbocycles. The van der Waals surface area contributed by atoms with Crippen LogP contribution in [0, 0.1) is 13.8 Å². The molecule has 2 aromatic rings. The van der Waals surface area contributed by atoms with Crippen molar-refractivity contribution in [1.82, 2.24) is 0 Å². The van der Waals surface area contributed by atoms with Gasteiger partial charge in [0.2, 0.25) is 5.91 Å². The topological polar surface area (TPSA) is 84.5 Å². The van der Waals surface area contributed by atoms with E-state index in [1.807, 2.05) is 50.2 Å². The summed E-state index contributed by atoms with van der Waals surface area (Å²) >= 11 is 1.13. The smallest absolute Gasteiger partial charge is 0.316 e. The van der Waals surface area contributed by atoms with Gasteiger partial charge >= 0.3 is 5.97 Å². The second-order valence-electron chi connectivity index (χ2n) is 5.93. The fourth-order valence-electron chi connectivity index (χ4n) is 2.23. The molecule has 0 spiro atoms. The second kappa shape index (κ2) is 10.4. The van der Waals surface area contributed by atoms with E-state index in [9.17, 15) is 14.4 Å². The number of hydrogen-bond donors (Lipinski definition) is 2. The van der Waals surface area contributed by atoms with Gasteiger partial charge in [-0.1, -0.05) is 30.3 Å². The molecule has 0 aliphatic carbocycles. The lowest BCUT2D eigenvalue weighted by Gasteiger charge is -2.09. The molecule has 0 unspecified atom stereocenters. The lowest BCUT2D eigenvalue weighted by molar-refractivity contribution is -0.144. The first-order valence-electron chi connectivity index (χ1n) is 8.39. The first-order chi connectivity index (χ1) is 12.9. The molecule has 0 heterocycles. The standard InChI is InChI=1S/C20H22N2O4S/c1-14-6-5-8-16(10-14)21-19(24)12-27-13-20(25)26-11-18(23)22-17-9-4-3-7-15(17)2/h3-10H,11-13H2,1-2H3,(H,21,24)(H,22,23). The van der Waals surface area contributed by atoms with E-state index in [-0.39, 0.29) is 24.0 Å². The number of esters is 1. The van der Waals surface area contributed by atoms with Gasteiger partial charge in [-0.25, -0.2) is 0 Å². The van der Waals surface area contributed by atoms with Crippen molar-refractivity contribution in [1.29, 1.82) is 0 Å². The molecule has 2 aromatic carbocycles. The van der Waals surface area contributed by atoms with Crippen molar-refractivity contribution >= 4 is 40.9 Å². The summed E-state index contributed by atoms with van der Waals surface area (Å²) in [6.45, 7) is 3.46. The number of ether oxygens (including phenoxy) is 1. The molecule has 2 amide bonds. The predicted molar refractivity (Wildman–Crippen MR) is 108 cm³/mol. The van der Waals surface area contributed by atoms with Crippen LogP contribution in [0.15, 0.2) is 48.5 Å². The quantitative estimate of drug-likeness (QED) is 0.681. The Kier molecular flexibility index (Phi) is 7.88. The molecule has 2 rings (SSSR count). The molecule has 0 fully saturated rings. The number of nitrogens with one attached hydrogen (secondary N) is 2. The number of para-hydroxylation sites is 1. The van der Waals surface area contributed by atoms with Crippen LogP contribution in [-0.4, -0.2) is 35.9 Å². The lowest BCUT2D eigenvalue weighted by Crippen LogP contribution is -2.22. The third kappa shape index (κ3) is 7.53. The lowest BCUT2D eigenvalue weighted by atomic mass is 10.2. The Hall–Kier alpha value is -2.80. The molecule has 0 saturated heterocycles. The number of carbonyl (C=O) groups is 3. The Morgan fingerprint density at radius 1 is 0.926 bits per heavy atom. The van der Waals surface area contributed by atoms with Crippen LogP contribution in [0.3, 0.4) is 0 Å². The van der Waals surface area contributed by atoms with Gasteiger partial charge in [0, 0.05) is 11.4 Å². The summed E-state index contributed by atoms with van der Waals surface area (Å²) in [6.07, 6.45) is 0. The van der Waals surface area contributed by atoms with Crippen molar-refractivity contribution in [3.05, 3.63) is 59.7 Å². The van der Waals surface area contributed by atoms with E-state index in [1.165, 1.54) is 0 Å². The maximum Gasteiger partial charge on any atom is 0.316 e. The molecule has 2 N–H and O–H groups in total. The van der Waals surface area contributed by atoms with Crippen LogP contribution >= 0.6 is 11.8 Å². The van der Waals surface area contributed by atoms with Gasteiger partial charge in [-0.2, -0.15) is 0 Å². The Labute approximate surface area is 162 Å². The molecule has 0 aliphatic heterocycles. The van der Waals surface area contributed by atoms with E-state index in [4.69, 9.17) is 4.74 Å². The van der Waals surface area contributed by atoms with Gasteiger partial charge in [-0.3, -0.25) is 14.4 Å². The van der Waals surface area contributed by atoms with Crippen LogP contribution in [0.25, 0.3) is 0 Å². The van der Waals surface area contributed by atoms with Crippen molar-refractivity contribution in [2.24, 2.45) is 0 Å². The van der Waals surface area contributed by atoms with E-state index >= 15 is 0 Å². The normalized spacial score (nSPS) is 10.1. The predicted octanol–water partition coefficient (Wildman–Crippen LogP) is 3.16. The highest BCUT2D eigenvalue weighted by Gasteiger charge is 2.10. The molecule has 0 radical (unpaired) electrons. The van der Waals surface area contributed by atoms with E-state index in [0.717, 1.165) is 28.6 Å². The molecule has 0 atom stereocenters. The minimum Gasteiger partial charge on any atom is -0.455 e. The molecule has 0 aliphatic rings. The van der Waals surface area contributed by atoms with Crippen LogP contribution in [0.2, 0.25) is 0 Å². The molecule has 142 valence electrons. The van der Waals surface area contributed by atoms with Crippen molar-refractivity contribution in [2.45, 2.75) is 13.8 Å². The number of thioether (sulfide) groups is 1. The maximum absolute atomic E-state index is 11.9. The van der Waals surface area contributed by atoms with Gasteiger partial charge in [0.1, 0.15) is 0 Å². The summed E-state index contributed by atoms with van der Waals surface area (Å²) in [5.74, 6) is -1.02. The van der Waals surface area contributed by atoms with Crippen molar-refractivity contribution < 1.29 is 19.1 Å². The number of rotatable bonds is 8. The summed E-state index contributed by atoms with van der Waals surface area (Å²) in [4.78, 5) is 35.4. The first-order valence-corrected chi connectivity index (χ1v) is 9.55. The zero-order valence-electron chi connectivity index (χ0n) is 15.3. The maximum atomic E-state index is 11.9. The molecule has 0 aromatic heterocycles. The summed E-state index contributed by atoms with van der Waals surface area (Å²) in [7, 11) is 0. The summed E-state index contributed by atoms with van der Waals surface area (Å²) in [5, 5.41) is 5.45. The summed E-state index contributed by atoms with van der Waals surface area (Å²) in [6, 6.07) is 14.8. The van der Waals surface area contributed by atoms with Crippen LogP contribution in [0.5, 0.6) is 0 Å². The van der Waals surface area contributed by atoms with Gasteiger partial charge < -0.3 is 15.4 Å². The van der Waals surface area contributed by atoms with Crippen LogP contribution in [0.1, 0.15) is 11.1 Å². The molecule has 7 heteroatoms. The number of anilines is 2. The Morgan fingerprint density at radius 3 is 2.44 bits per heavy atom. The van der Waals surface area contributed by atoms with Gasteiger partial charge in [0.25, 0.3) is 5.91 Å². The highest BCUT2D eigenvalue weighted by molar-refractivity contribution is 8.00. The minimum absolute atomic E-state index is 0.00111. The van der Waals surface area contributed by atoms with Gasteiger partial charge in [-0.15, -0.1) is 11.8 Å². The summed E-state index contributed by atoms with van der Waals surface area (Å²) in [5.41, 5.74) is 3.37. The Bertz CT molecular complexity index is 823. The van der Waals surface area contributed by atoms with E-state index in [1.54, 1.807) is 12.1 Å². The van der Waals surface area contributed by atoms with E-state index < -0.39 is 11.9 Å². The summed E-state index contributed by atoms with van der Waals surface area (Å²) < 4.78 is 4.93. The van der Waals surface area contributed by atoms with Crippen LogP contribution < -0.4 is 10.6 Å². The Morgan fingerprint density at radius 2 is 1.70 bits per heavy atom. The number of benzene rings is 2. The average molecular weight is 386 g/mol.